The molecule has 0 aliphatic carbocycles. The molecule has 0 aliphatic heterocycles. The molecule has 1 aromatic heterocycles. The molecule has 1 amide bonds. The molecule has 6 heteroatoms. The van der Waals surface area contributed by atoms with Gasteiger partial charge >= 0.3 is 0 Å². The van der Waals surface area contributed by atoms with Gasteiger partial charge in [-0.3, -0.25) is 4.79 Å². The van der Waals surface area contributed by atoms with Gasteiger partial charge in [0.05, 0.1) is 34.8 Å². The van der Waals surface area contributed by atoms with E-state index < -0.39 is 0 Å². The predicted molar refractivity (Wildman–Crippen MR) is 90.6 cm³/mol. The fourth-order valence-electron chi connectivity index (χ4n) is 2.45. The lowest BCUT2D eigenvalue weighted by molar-refractivity contribution is 0.0950. The molecule has 0 bridgehead atoms. The topological polar surface area (TPSA) is 70.7 Å². The fourth-order valence-corrected chi connectivity index (χ4v) is 2.45. The van der Waals surface area contributed by atoms with E-state index in [1.165, 1.54) is 18.3 Å². The first kappa shape index (κ1) is 16.4. The van der Waals surface area contributed by atoms with Crippen molar-refractivity contribution in [2.24, 2.45) is 0 Å². The number of carbonyl (C=O) groups excluding carboxylic acids is 1. The molecule has 0 radical (unpaired) electrons. The van der Waals surface area contributed by atoms with Crippen LogP contribution in [0.4, 0.5) is 4.39 Å². The molecule has 0 atom stereocenters. The Labute approximate surface area is 144 Å². The number of nitriles is 1. The van der Waals surface area contributed by atoms with Gasteiger partial charge in [0.1, 0.15) is 5.82 Å². The van der Waals surface area contributed by atoms with Crippen LogP contribution in [0.1, 0.15) is 27.2 Å². The molecule has 25 heavy (non-hydrogen) atoms. The summed E-state index contributed by atoms with van der Waals surface area (Å²) in [6.07, 6.45) is 1.49. The number of nitrogens with zero attached hydrogens (tertiary/aromatic N) is 3. The first-order valence-corrected chi connectivity index (χ1v) is 7.66. The summed E-state index contributed by atoms with van der Waals surface area (Å²) in [5.74, 6) is -0.566. The SMILES string of the molecule is Cc1c(C(=O)NCc2ccc(C#N)cc2)cnn1-c1ccc(F)cc1. The second kappa shape index (κ2) is 6.97. The number of hydrogen-bond donors (Lipinski definition) is 1. The van der Waals surface area contributed by atoms with Gasteiger partial charge in [0.2, 0.25) is 0 Å². The van der Waals surface area contributed by atoms with Gasteiger partial charge in [-0.1, -0.05) is 12.1 Å². The van der Waals surface area contributed by atoms with Gasteiger partial charge in [-0.25, -0.2) is 9.07 Å². The van der Waals surface area contributed by atoms with Crippen molar-refractivity contribution in [3.63, 3.8) is 0 Å². The normalized spacial score (nSPS) is 10.3. The summed E-state index contributed by atoms with van der Waals surface area (Å²) in [5.41, 5.74) is 3.29. The minimum Gasteiger partial charge on any atom is -0.348 e. The summed E-state index contributed by atoms with van der Waals surface area (Å²) in [6, 6.07) is 15.0. The summed E-state index contributed by atoms with van der Waals surface area (Å²) in [7, 11) is 0. The summed E-state index contributed by atoms with van der Waals surface area (Å²) < 4.78 is 14.6. The second-order valence-corrected chi connectivity index (χ2v) is 5.52. The zero-order valence-electron chi connectivity index (χ0n) is 13.5. The Morgan fingerprint density at radius 3 is 2.52 bits per heavy atom. The summed E-state index contributed by atoms with van der Waals surface area (Å²) in [4.78, 5) is 12.4. The van der Waals surface area contributed by atoms with Crippen LogP contribution in [-0.2, 0) is 6.54 Å². The average Bonchev–Trinajstić information content (AvgIpc) is 3.02. The van der Waals surface area contributed by atoms with Gasteiger partial charge in [0, 0.05) is 6.54 Å². The molecular weight excluding hydrogens is 319 g/mol. The van der Waals surface area contributed by atoms with E-state index in [1.807, 2.05) is 0 Å². The second-order valence-electron chi connectivity index (χ2n) is 5.52. The first-order valence-electron chi connectivity index (χ1n) is 7.66. The van der Waals surface area contributed by atoms with E-state index in [1.54, 1.807) is 48.0 Å². The highest BCUT2D eigenvalue weighted by molar-refractivity contribution is 5.95. The molecule has 0 fully saturated rings. The molecule has 0 unspecified atom stereocenters. The monoisotopic (exact) mass is 334 g/mol. The maximum absolute atomic E-state index is 13.0. The van der Waals surface area contributed by atoms with Gasteiger partial charge in [-0.05, 0) is 48.9 Å². The van der Waals surface area contributed by atoms with Crippen LogP contribution in [0.15, 0.2) is 54.7 Å². The Morgan fingerprint density at radius 1 is 1.20 bits per heavy atom. The number of nitrogens with one attached hydrogen (secondary N) is 1. The van der Waals surface area contributed by atoms with E-state index in [0.29, 0.717) is 29.1 Å². The molecule has 3 rings (SSSR count). The summed E-state index contributed by atoms with van der Waals surface area (Å²) in [6.45, 7) is 2.14. The predicted octanol–water partition coefficient (Wildman–Crippen LogP) is 3.12. The third-order valence-corrected chi connectivity index (χ3v) is 3.86. The van der Waals surface area contributed by atoms with Crippen molar-refractivity contribution in [3.8, 4) is 11.8 Å². The maximum Gasteiger partial charge on any atom is 0.255 e. The van der Waals surface area contributed by atoms with Crippen molar-refractivity contribution in [2.45, 2.75) is 13.5 Å². The highest BCUT2D eigenvalue weighted by Gasteiger charge is 2.15. The zero-order valence-corrected chi connectivity index (χ0v) is 13.5. The smallest absolute Gasteiger partial charge is 0.255 e. The van der Waals surface area contributed by atoms with Crippen molar-refractivity contribution >= 4 is 5.91 Å². The van der Waals surface area contributed by atoms with Crippen LogP contribution >= 0.6 is 0 Å². The number of aromatic nitrogens is 2. The molecule has 3 aromatic rings. The minimum absolute atomic E-state index is 0.241. The Kier molecular flexibility index (Phi) is 4.57. The molecule has 0 spiro atoms. The lowest BCUT2D eigenvalue weighted by atomic mass is 10.1. The highest BCUT2D eigenvalue weighted by Crippen LogP contribution is 2.15. The van der Waals surface area contributed by atoms with Crippen LogP contribution < -0.4 is 5.32 Å². The van der Waals surface area contributed by atoms with Gasteiger partial charge in [-0.2, -0.15) is 10.4 Å². The summed E-state index contributed by atoms with van der Waals surface area (Å²) >= 11 is 0. The Bertz CT molecular complexity index is 937. The Hall–Kier alpha value is -3.46. The van der Waals surface area contributed by atoms with Crippen LogP contribution in [0.3, 0.4) is 0 Å². The number of hydrogen-bond acceptors (Lipinski definition) is 3. The van der Waals surface area contributed by atoms with Crippen LogP contribution in [-0.4, -0.2) is 15.7 Å². The van der Waals surface area contributed by atoms with Crippen LogP contribution in [0.2, 0.25) is 0 Å². The van der Waals surface area contributed by atoms with E-state index in [9.17, 15) is 9.18 Å². The van der Waals surface area contributed by atoms with Crippen LogP contribution in [0, 0.1) is 24.1 Å². The maximum atomic E-state index is 13.0. The van der Waals surface area contributed by atoms with Gasteiger partial charge in [0.25, 0.3) is 5.91 Å². The van der Waals surface area contributed by atoms with Gasteiger partial charge in [0.15, 0.2) is 0 Å². The molecule has 0 saturated carbocycles. The molecule has 0 saturated heterocycles. The standard InChI is InChI=1S/C19H15FN4O/c1-13-18(12-23-24(13)17-8-6-16(20)7-9-17)19(25)22-11-15-4-2-14(10-21)3-5-15/h2-9,12H,11H2,1H3,(H,22,25). The fraction of sp³-hybridized carbons (Fsp3) is 0.105. The number of benzene rings is 2. The molecule has 0 aliphatic rings. The minimum atomic E-state index is -0.325. The van der Waals surface area contributed by atoms with Crippen LogP contribution in [0.25, 0.3) is 5.69 Å². The largest absolute Gasteiger partial charge is 0.348 e. The molecule has 2 aromatic carbocycles. The van der Waals surface area contributed by atoms with Gasteiger partial charge in [-0.15, -0.1) is 0 Å². The molecule has 5 nitrogen and oxygen atoms in total. The molecule has 1 heterocycles. The lowest BCUT2D eigenvalue weighted by Crippen LogP contribution is -2.23. The molecular formula is C19H15FN4O. The average molecular weight is 334 g/mol. The number of rotatable bonds is 4. The lowest BCUT2D eigenvalue weighted by Gasteiger charge is -2.07. The third kappa shape index (κ3) is 3.56. The van der Waals surface area contributed by atoms with Crippen molar-refractivity contribution in [2.75, 3.05) is 0 Å². The quantitative estimate of drug-likeness (QED) is 0.797. The van der Waals surface area contributed by atoms with Crippen molar-refractivity contribution in [1.82, 2.24) is 15.1 Å². The van der Waals surface area contributed by atoms with Gasteiger partial charge < -0.3 is 5.32 Å². The first-order chi connectivity index (χ1) is 12.1. The van der Waals surface area contributed by atoms with Crippen molar-refractivity contribution < 1.29 is 9.18 Å². The zero-order chi connectivity index (χ0) is 17.8. The molecule has 1 N–H and O–H groups in total. The summed E-state index contributed by atoms with van der Waals surface area (Å²) in [5, 5.41) is 15.8. The Morgan fingerprint density at radius 2 is 1.88 bits per heavy atom. The van der Waals surface area contributed by atoms with Crippen molar-refractivity contribution in [3.05, 3.63) is 82.9 Å². The number of amides is 1. The van der Waals surface area contributed by atoms with E-state index in [-0.39, 0.29) is 11.7 Å². The number of carbonyl (C=O) groups is 1. The van der Waals surface area contributed by atoms with E-state index in [4.69, 9.17) is 5.26 Å². The third-order valence-electron chi connectivity index (χ3n) is 3.86. The van der Waals surface area contributed by atoms with Crippen molar-refractivity contribution in [1.29, 1.82) is 5.26 Å². The Balaban J connectivity index is 1.72. The molecule has 124 valence electrons. The van der Waals surface area contributed by atoms with E-state index in [0.717, 1.165) is 5.56 Å². The van der Waals surface area contributed by atoms with E-state index >= 15 is 0 Å². The van der Waals surface area contributed by atoms with E-state index in [2.05, 4.69) is 16.5 Å². The van der Waals surface area contributed by atoms with Crippen LogP contribution in [0.5, 0.6) is 0 Å². The highest BCUT2D eigenvalue weighted by atomic mass is 19.1. The number of halogens is 1.